The van der Waals surface area contributed by atoms with E-state index in [9.17, 15) is 13.2 Å². The molecule has 0 fully saturated rings. The van der Waals surface area contributed by atoms with Gasteiger partial charge in [-0.05, 0) is 36.8 Å². The lowest BCUT2D eigenvalue weighted by Gasteiger charge is -2.30. The molecule has 0 radical (unpaired) electrons. The molecule has 0 saturated heterocycles. The summed E-state index contributed by atoms with van der Waals surface area (Å²) in [5, 5.41) is 3.23. The average molecular weight is 431 g/mol. The Morgan fingerprint density at radius 3 is 2.70 bits per heavy atom. The van der Waals surface area contributed by atoms with Crippen molar-refractivity contribution in [1.29, 1.82) is 0 Å². The number of nitrogens with one attached hydrogen (secondary N) is 1. The molecule has 2 rings (SSSR count). The summed E-state index contributed by atoms with van der Waals surface area (Å²) in [5.41, 5.74) is 0.374. The SMILES string of the molecule is CC[C@H](C(=O)NCCSCc1ccco1)N(c1cccc(Cl)c1)S(C)(=O)=O. The summed E-state index contributed by atoms with van der Waals surface area (Å²) >= 11 is 7.62. The fourth-order valence-corrected chi connectivity index (χ4v) is 4.75. The van der Waals surface area contributed by atoms with Gasteiger partial charge in [0.25, 0.3) is 0 Å². The Kier molecular flexibility index (Phi) is 8.07. The molecule has 27 heavy (non-hydrogen) atoms. The highest BCUT2D eigenvalue weighted by molar-refractivity contribution is 7.98. The molecule has 0 spiro atoms. The van der Waals surface area contributed by atoms with Gasteiger partial charge in [-0.2, -0.15) is 11.8 Å². The summed E-state index contributed by atoms with van der Waals surface area (Å²) in [6.45, 7) is 2.21. The molecular formula is C18H23ClN2O4S2. The molecule has 9 heteroatoms. The van der Waals surface area contributed by atoms with Crippen molar-refractivity contribution in [3.05, 3.63) is 53.4 Å². The zero-order chi connectivity index (χ0) is 19.9. The summed E-state index contributed by atoms with van der Waals surface area (Å²) in [4.78, 5) is 12.6. The fourth-order valence-electron chi connectivity index (χ4n) is 2.61. The smallest absolute Gasteiger partial charge is 0.243 e. The quantitative estimate of drug-likeness (QED) is 0.583. The summed E-state index contributed by atoms with van der Waals surface area (Å²) in [7, 11) is -3.66. The second-order valence-corrected chi connectivity index (χ2v) is 9.29. The van der Waals surface area contributed by atoms with Gasteiger partial charge in [0, 0.05) is 17.3 Å². The average Bonchev–Trinajstić information content (AvgIpc) is 3.11. The molecule has 1 heterocycles. The van der Waals surface area contributed by atoms with Crippen LogP contribution in [0.4, 0.5) is 5.69 Å². The number of carbonyl (C=O) groups excluding carboxylic acids is 1. The number of benzene rings is 1. The summed E-state index contributed by atoms with van der Waals surface area (Å²) in [6, 6.07) is 9.37. The number of furan rings is 1. The van der Waals surface area contributed by atoms with Gasteiger partial charge in [-0.1, -0.05) is 24.6 Å². The minimum Gasteiger partial charge on any atom is -0.468 e. The second-order valence-electron chi connectivity index (χ2n) is 5.89. The highest BCUT2D eigenvalue weighted by atomic mass is 35.5. The molecular weight excluding hydrogens is 408 g/mol. The highest BCUT2D eigenvalue weighted by Crippen LogP contribution is 2.25. The van der Waals surface area contributed by atoms with E-state index in [4.69, 9.17) is 16.0 Å². The molecule has 2 aromatic rings. The molecule has 0 aliphatic heterocycles. The number of carbonyl (C=O) groups is 1. The van der Waals surface area contributed by atoms with Crippen molar-refractivity contribution >= 4 is 45.0 Å². The summed E-state index contributed by atoms with van der Waals surface area (Å²) in [6.07, 6.45) is 3.05. The van der Waals surface area contributed by atoms with E-state index < -0.39 is 16.1 Å². The van der Waals surface area contributed by atoms with Crippen molar-refractivity contribution in [2.45, 2.75) is 25.1 Å². The summed E-state index contributed by atoms with van der Waals surface area (Å²) in [5.74, 6) is 1.96. The summed E-state index contributed by atoms with van der Waals surface area (Å²) < 4.78 is 31.1. The van der Waals surface area contributed by atoms with Crippen LogP contribution in [0.15, 0.2) is 47.1 Å². The lowest BCUT2D eigenvalue weighted by molar-refractivity contribution is -0.122. The molecule has 0 aliphatic rings. The Hall–Kier alpha value is -1.64. The number of sulfonamides is 1. The van der Waals surface area contributed by atoms with Crippen LogP contribution >= 0.6 is 23.4 Å². The van der Waals surface area contributed by atoms with Crippen LogP contribution in [0.5, 0.6) is 0 Å². The Morgan fingerprint density at radius 1 is 1.33 bits per heavy atom. The number of hydrogen-bond donors (Lipinski definition) is 1. The number of amides is 1. The van der Waals surface area contributed by atoms with E-state index in [0.717, 1.165) is 22.1 Å². The van der Waals surface area contributed by atoms with E-state index in [1.165, 1.54) is 6.07 Å². The highest BCUT2D eigenvalue weighted by Gasteiger charge is 2.31. The van der Waals surface area contributed by atoms with Crippen LogP contribution in [0.2, 0.25) is 5.02 Å². The van der Waals surface area contributed by atoms with Crippen LogP contribution < -0.4 is 9.62 Å². The molecule has 1 aromatic heterocycles. The lowest BCUT2D eigenvalue weighted by Crippen LogP contribution is -2.49. The van der Waals surface area contributed by atoms with E-state index in [1.54, 1.807) is 43.1 Å². The second kappa shape index (κ2) is 10.1. The molecule has 148 valence electrons. The zero-order valence-corrected chi connectivity index (χ0v) is 17.6. The molecule has 1 N–H and O–H groups in total. The topological polar surface area (TPSA) is 79.6 Å². The van der Waals surface area contributed by atoms with Gasteiger partial charge in [-0.15, -0.1) is 0 Å². The Bertz CT molecular complexity index is 841. The molecule has 1 amide bonds. The van der Waals surface area contributed by atoms with Gasteiger partial charge in [-0.25, -0.2) is 8.42 Å². The van der Waals surface area contributed by atoms with Crippen molar-refractivity contribution < 1.29 is 17.6 Å². The maximum absolute atomic E-state index is 12.6. The molecule has 0 bridgehead atoms. The number of anilines is 1. The molecule has 6 nitrogen and oxygen atoms in total. The Labute approximate surface area is 169 Å². The maximum Gasteiger partial charge on any atom is 0.243 e. The van der Waals surface area contributed by atoms with Gasteiger partial charge in [0.15, 0.2) is 0 Å². The van der Waals surface area contributed by atoms with Crippen LogP contribution in [0.1, 0.15) is 19.1 Å². The number of halogens is 1. The van der Waals surface area contributed by atoms with Crippen molar-refractivity contribution in [3.8, 4) is 0 Å². The largest absolute Gasteiger partial charge is 0.468 e. The van der Waals surface area contributed by atoms with Crippen molar-refractivity contribution in [2.24, 2.45) is 0 Å². The van der Waals surface area contributed by atoms with Gasteiger partial charge < -0.3 is 9.73 Å². The van der Waals surface area contributed by atoms with Crippen LogP contribution in [0.3, 0.4) is 0 Å². The van der Waals surface area contributed by atoms with Crippen molar-refractivity contribution in [1.82, 2.24) is 5.32 Å². The van der Waals surface area contributed by atoms with Crippen LogP contribution in [0, 0.1) is 0 Å². The fraction of sp³-hybridized carbons (Fsp3) is 0.389. The third kappa shape index (κ3) is 6.48. The normalized spacial score (nSPS) is 12.6. The predicted octanol–water partition coefficient (Wildman–Crippen LogP) is 3.53. The third-order valence-electron chi connectivity index (χ3n) is 3.76. The maximum atomic E-state index is 12.6. The molecule has 0 saturated carbocycles. The lowest BCUT2D eigenvalue weighted by atomic mass is 10.2. The van der Waals surface area contributed by atoms with Gasteiger partial charge in [0.05, 0.1) is 24.0 Å². The zero-order valence-electron chi connectivity index (χ0n) is 15.2. The predicted molar refractivity (Wildman–Crippen MR) is 111 cm³/mol. The van der Waals surface area contributed by atoms with E-state index >= 15 is 0 Å². The number of nitrogens with zero attached hydrogens (tertiary/aromatic N) is 1. The van der Waals surface area contributed by atoms with E-state index in [0.29, 0.717) is 29.4 Å². The van der Waals surface area contributed by atoms with Gasteiger partial charge in [-0.3, -0.25) is 9.10 Å². The van der Waals surface area contributed by atoms with Gasteiger partial charge in [0.1, 0.15) is 11.8 Å². The third-order valence-corrected chi connectivity index (χ3v) is 6.16. The Balaban J connectivity index is 1.99. The van der Waals surface area contributed by atoms with E-state index in [-0.39, 0.29) is 5.91 Å². The van der Waals surface area contributed by atoms with Crippen LogP contribution in [0.25, 0.3) is 0 Å². The van der Waals surface area contributed by atoms with Crippen LogP contribution in [-0.4, -0.2) is 38.9 Å². The number of thioether (sulfide) groups is 1. The van der Waals surface area contributed by atoms with E-state index in [1.807, 2.05) is 12.1 Å². The number of hydrogen-bond acceptors (Lipinski definition) is 5. The number of rotatable bonds is 10. The first-order valence-corrected chi connectivity index (χ1v) is 11.8. The van der Waals surface area contributed by atoms with Gasteiger partial charge >= 0.3 is 0 Å². The molecule has 1 atom stereocenters. The monoisotopic (exact) mass is 430 g/mol. The minimum atomic E-state index is -3.66. The first-order chi connectivity index (χ1) is 12.8. The Morgan fingerprint density at radius 2 is 2.11 bits per heavy atom. The van der Waals surface area contributed by atoms with Gasteiger partial charge in [0.2, 0.25) is 15.9 Å². The first-order valence-electron chi connectivity index (χ1n) is 8.45. The van der Waals surface area contributed by atoms with Crippen molar-refractivity contribution in [2.75, 3.05) is 22.9 Å². The first kappa shape index (κ1) is 21.7. The molecule has 1 aromatic carbocycles. The molecule has 0 unspecified atom stereocenters. The van der Waals surface area contributed by atoms with E-state index in [2.05, 4.69) is 5.32 Å². The minimum absolute atomic E-state index is 0.332. The standard InChI is InChI=1S/C18H23ClN2O4S2/c1-3-17(18(22)20-9-11-26-13-16-8-5-10-25-16)21(27(2,23)24)15-7-4-6-14(19)12-15/h4-8,10,12,17H,3,9,11,13H2,1-2H3,(H,20,22)/t17-/m1/s1. The van der Waals surface area contributed by atoms with Crippen LogP contribution in [-0.2, 0) is 20.6 Å². The molecule has 0 aliphatic carbocycles. The van der Waals surface area contributed by atoms with Crippen molar-refractivity contribution in [3.63, 3.8) is 0 Å².